The minimum atomic E-state index is -0.730. The zero-order valence-corrected chi connectivity index (χ0v) is 25.9. The predicted molar refractivity (Wildman–Crippen MR) is 169 cm³/mol. The molecule has 3 aliphatic heterocycles. The molecule has 0 unspecified atom stereocenters. The summed E-state index contributed by atoms with van der Waals surface area (Å²) >= 11 is 0. The summed E-state index contributed by atoms with van der Waals surface area (Å²) in [5, 5.41) is 12.2. The van der Waals surface area contributed by atoms with Gasteiger partial charge in [-0.1, -0.05) is 36.4 Å². The van der Waals surface area contributed by atoms with Crippen LogP contribution in [0, 0.1) is 6.92 Å². The number of likely N-dealkylation sites (tertiary alicyclic amines) is 1. The smallest absolute Gasteiger partial charge is 0.288 e. The molecule has 4 heterocycles. The first-order valence-corrected chi connectivity index (χ1v) is 15.7. The van der Waals surface area contributed by atoms with E-state index >= 15 is 0 Å². The van der Waals surface area contributed by atoms with Gasteiger partial charge in [-0.25, -0.2) is 4.68 Å². The van der Waals surface area contributed by atoms with Gasteiger partial charge < -0.3 is 29.7 Å². The Balaban J connectivity index is 1.26. The highest BCUT2D eigenvalue weighted by atomic mass is 16.7. The van der Waals surface area contributed by atoms with Crippen LogP contribution < -0.4 is 15.8 Å². The zero-order chi connectivity index (χ0) is 31.6. The van der Waals surface area contributed by atoms with Gasteiger partial charge in [0.1, 0.15) is 5.54 Å². The molecule has 11 heteroatoms. The molecule has 0 aliphatic carbocycles. The third-order valence-electron chi connectivity index (χ3n) is 9.38. The molecule has 2 aromatic carbocycles. The Labute approximate surface area is 262 Å². The van der Waals surface area contributed by atoms with E-state index in [4.69, 9.17) is 9.47 Å². The zero-order valence-electron chi connectivity index (χ0n) is 25.9. The lowest BCUT2D eigenvalue weighted by atomic mass is 9.85. The summed E-state index contributed by atoms with van der Waals surface area (Å²) in [5.74, 6) is -0.550. The standard InChI is InChI=1S/C34H41N5O6/c1-24-30(32(42)39(36(24)2)27-13-7-4-8-14-27)25-21-28(45-29(22-25)44-20-10-9-19-40)31(41)37-17-15-34(16-18-37)33(43)35-23-38(34)26-11-5-3-6-12-26/h3-8,11-14,21,25,29,40H,9-10,15-20,22-23H2,1-2H3,(H,35,43)/t25-,29+/m0/s1. The van der Waals surface area contributed by atoms with Crippen molar-refractivity contribution in [3.63, 3.8) is 0 Å². The Kier molecular flexibility index (Phi) is 8.82. The number of unbranched alkanes of at least 4 members (excludes halogenated alkanes) is 1. The van der Waals surface area contributed by atoms with Crippen molar-refractivity contribution in [1.29, 1.82) is 0 Å². The van der Waals surface area contributed by atoms with E-state index in [1.807, 2.05) is 79.3 Å². The molecule has 1 aromatic heterocycles. The number of para-hydroxylation sites is 2. The number of aromatic nitrogens is 2. The highest BCUT2D eigenvalue weighted by Gasteiger charge is 2.51. The van der Waals surface area contributed by atoms with E-state index in [1.54, 1.807) is 15.7 Å². The SMILES string of the molecule is Cc1c([C@H]2C=C(C(=O)N3CCC4(CC3)C(=O)NCN4c3ccccc3)O[C@@H](OCCCCO)C2)c(=O)n(-c2ccccc2)n1C. The predicted octanol–water partition coefficient (Wildman–Crippen LogP) is 2.94. The van der Waals surface area contributed by atoms with E-state index < -0.39 is 17.7 Å². The molecule has 2 amide bonds. The van der Waals surface area contributed by atoms with Crippen molar-refractivity contribution in [2.75, 3.05) is 37.9 Å². The van der Waals surface area contributed by atoms with Crippen LogP contribution in [0.5, 0.6) is 0 Å². The van der Waals surface area contributed by atoms with Crippen molar-refractivity contribution in [2.24, 2.45) is 7.05 Å². The van der Waals surface area contributed by atoms with Gasteiger partial charge >= 0.3 is 0 Å². The molecular weight excluding hydrogens is 574 g/mol. The third kappa shape index (κ3) is 5.78. The van der Waals surface area contributed by atoms with Gasteiger partial charge in [-0.3, -0.25) is 19.1 Å². The molecule has 2 fully saturated rings. The van der Waals surface area contributed by atoms with Gasteiger partial charge in [0.05, 0.1) is 19.0 Å². The summed E-state index contributed by atoms with van der Waals surface area (Å²) in [7, 11) is 1.85. The highest BCUT2D eigenvalue weighted by molar-refractivity contribution is 5.95. The lowest BCUT2D eigenvalue weighted by Crippen LogP contribution is -2.57. The van der Waals surface area contributed by atoms with Crippen LogP contribution in [0.3, 0.4) is 0 Å². The first-order valence-electron chi connectivity index (χ1n) is 15.7. The first kappa shape index (κ1) is 30.7. The summed E-state index contributed by atoms with van der Waals surface area (Å²) in [6.45, 7) is 3.53. The normalized spacial score (nSPS) is 21.0. The number of aliphatic hydroxyl groups excluding tert-OH is 1. The van der Waals surface area contributed by atoms with Crippen LogP contribution >= 0.6 is 0 Å². The average Bonchev–Trinajstić information content (AvgIpc) is 3.50. The Morgan fingerprint density at radius 3 is 2.36 bits per heavy atom. The molecule has 0 radical (unpaired) electrons. The topological polar surface area (TPSA) is 118 Å². The Morgan fingerprint density at radius 1 is 1.02 bits per heavy atom. The second kappa shape index (κ2) is 12.9. The van der Waals surface area contributed by atoms with E-state index in [-0.39, 0.29) is 29.7 Å². The van der Waals surface area contributed by atoms with Gasteiger partial charge in [0.25, 0.3) is 11.5 Å². The van der Waals surface area contributed by atoms with Gasteiger partial charge in [-0.05, 0) is 62.9 Å². The number of carbonyl (C=O) groups excluding carboxylic acids is 2. The highest BCUT2D eigenvalue weighted by Crippen LogP contribution is 2.38. The number of hydrogen-bond donors (Lipinski definition) is 2. The number of anilines is 1. The lowest BCUT2D eigenvalue weighted by Gasteiger charge is -2.43. The van der Waals surface area contributed by atoms with Gasteiger partial charge in [-0.15, -0.1) is 0 Å². The molecule has 0 saturated carbocycles. The number of hydrogen-bond acceptors (Lipinski definition) is 7. The lowest BCUT2D eigenvalue weighted by molar-refractivity contribution is -0.154. The Hall–Kier alpha value is -4.35. The fourth-order valence-corrected chi connectivity index (χ4v) is 6.82. The molecule has 0 bridgehead atoms. The van der Waals surface area contributed by atoms with Crippen LogP contribution in [0.4, 0.5) is 5.69 Å². The Bertz CT molecular complexity index is 1610. The molecule has 238 valence electrons. The number of carbonyl (C=O) groups is 2. The van der Waals surface area contributed by atoms with Crippen LogP contribution in [0.15, 0.2) is 77.3 Å². The summed E-state index contributed by atoms with van der Waals surface area (Å²) in [5.41, 5.74) is 2.25. The maximum atomic E-state index is 14.0. The van der Waals surface area contributed by atoms with Crippen molar-refractivity contribution in [2.45, 2.75) is 56.8 Å². The quantitative estimate of drug-likeness (QED) is 0.356. The molecular formula is C34H41N5O6. The fourth-order valence-electron chi connectivity index (χ4n) is 6.82. The molecule has 1 spiro atoms. The van der Waals surface area contributed by atoms with Gasteiger partial charge in [0.2, 0.25) is 12.2 Å². The number of rotatable bonds is 9. The number of nitrogens with one attached hydrogen (secondary N) is 1. The number of amides is 2. The number of benzene rings is 2. The van der Waals surface area contributed by atoms with Crippen LogP contribution in [-0.4, -0.2) is 76.0 Å². The maximum absolute atomic E-state index is 14.0. The third-order valence-corrected chi connectivity index (χ3v) is 9.38. The molecule has 2 N–H and O–H groups in total. The second-order valence-corrected chi connectivity index (χ2v) is 11.9. The van der Waals surface area contributed by atoms with Crippen molar-refractivity contribution in [3.8, 4) is 5.69 Å². The summed E-state index contributed by atoms with van der Waals surface area (Å²) < 4.78 is 15.7. The Morgan fingerprint density at radius 2 is 1.69 bits per heavy atom. The van der Waals surface area contributed by atoms with E-state index in [1.165, 1.54) is 0 Å². The van der Waals surface area contributed by atoms with E-state index in [9.17, 15) is 19.5 Å². The summed E-state index contributed by atoms with van der Waals surface area (Å²) in [6, 6.07) is 19.3. The van der Waals surface area contributed by atoms with Crippen LogP contribution in [0.1, 0.15) is 49.3 Å². The number of aliphatic hydroxyl groups is 1. The maximum Gasteiger partial charge on any atom is 0.288 e. The number of piperidine rings is 1. The van der Waals surface area contributed by atoms with Gasteiger partial charge in [-0.2, -0.15) is 0 Å². The van der Waals surface area contributed by atoms with E-state index in [0.29, 0.717) is 64.0 Å². The number of ether oxygens (including phenoxy) is 2. The molecule has 2 atom stereocenters. The monoisotopic (exact) mass is 615 g/mol. The number of nitrogens with zero attached hydrogens (tertiary/aromatic N) is 4. The largest absolute Gasteiger partial charge is 0.459 e. The molecule has 45 heavy (non-hydrogen) atoms. The van der Waals surface area contributed by atoms with Crippen molar-refractivity contribution in [3.05, 3.63) is 94.1 Å². The van der Waals surface area contributed by atoms with Crippen molar-refractivity contribution in [1.82, 2.24) is 19.6 Å². The molecule has 11 nitrogen and oxygen atoms in total. The molecule has 3 aliphatic rings. The van der Waals surface area contributed by atoms with Crippen LogP contribution in [-0.2, 0) is 26.1 Å². The van der Waals surface area contributed by atoms with Crippen molar-refractivity contribution >= 4 is 17.5 Å². The summed E-state index contributed by atoms with van der Waals surface area (Å²) in [4.78, 5) is 44.9. The number of allylic oxidation sites excluding steroid dienone is 1. The first-order chi connectivity index (χ1) is 21.8. The van der Waals surface area contributed by atoms with Gasteiger partial charge in [0, 0.05) is 56.0 Å². The summed E-state index contributed by atoms with van der Waals surface area (Å²) in [6.07, 6.45) is 3.62. The molecule has 3 aromatic rings. The average molecular weight is 616 g/mol. The van der Waals surface area contributed by atoms with Crippen LogP contribution in [0.2, 0.25) is 0 Å². The van der Waals surface area contributed by atoms with Crippen molar-refractivity contribution < 1.29 is 24.2 Å². The molecule has 6 rings (SSSR count). The van der Waals surface area contributed by atoms with E-state index in [2.05, 4.69) is 10.2 Å². The van der Waals surface area contributed by atoms with Crippen LogP contribution in [0.25, 0.3) is 5.69 Å². The fraction of sp³-hybridized carbons (Fsp3) is 0.441. The second-order valence-electron chi connectivity index (χ2n) is 11.9. The van der Waals surface area contributed by atoms with E-state index in [0.717, 1.165) is 17.1 Å². The minimum Gasteiger partial charge on any atom is -0.459 e. The minimum absolute atomic E-state index is 0.0164. The molecule has 2 saturated heterocycles. The van der Waals surface area contributed by atoms with Gasteiger partial charge in [0.15, 0.2) is 5.76 Å².